The average molecular weight is 332 g/mol. The monoisotopic (exact) mass is 330 g/mol. The summed E-state index contributed by atoms with van der Waals surface area (Å²) in [6.45, 7) is 0. The van der Waals surface area contributed by atoms with E-state index in [1.54, 1.807) is 18.2 Å². The zero-order valence-electron chi connectivity index (χ0n) is 9.07. The number of nitrogens with two attached hydrogens (primary N) is 1. The zero-order chi connectivity index (χ0) is 13.1. The number of benzene rings is 1. The maximum atomic E-state index is 14.1. The topological polar surface area (TPSA) is 63.8 Å². The lowest BCUT2D eigenvalue weighted by Crippen LogP contribution is -2.29. The lowest BCUT2D eigenvalue weighted by Gasteiger charge is -2.17. The van der Waals surface area contributed by atoms with Crippen LogP contribution in [0.1, 0.15) is 17.2 Å². The summed E-state index contributed by atoms with van der Waals surface area (Å²) in [7, 11) is 0. The van der Waals surface area contributed by atoms with Gasteiger partial charge in [-0.25, -0.2) is 9.82 Å². The molecule has 0 amide bonds. The number of nitrogens with one attached hydrogen (secondary N) is 1. The summed E-state index contributed by atoms with van der Waals surface area (Å²) < 4.78 is 14.6. The first-order valence-corrected chi connectivity index (χ1v) is 6.18. The van der Waals surface area contributed by atoms with Gasteiger partial charge in [0.15, 0.2) is 0 Å². The maximum Gasteiger partial charge on any atom is 0.148 e. The highest BCUT2D eigenvalue weighted by Gasteiger charge is 2.19. The molecule has 0 radical (unpaired) electrons. The molecule has 94 valence electrons. The third kappa shape index (κ3) is 2.51. The quantitative estimate of drug-likeness (QED) is 0.515. The average Bonchev–Trinajstić information content (AvgIpc) is 2.41. The van der Waals surface area contributed by atoms with Crippen LogP contribution in [-0.2, 0) is 0 Å². The highest BCUT2D eigenvalue weighted by Crippen LogP contribution is 2.32. The molecule has 7 heteroatoms. The number of hydrogen-bond donors (Lipinski definition) is 2. The highest BCUT2D eigenvalue weighted by atomic mass is 79.9. The van der Waals surface area contributed by atoms with Gasteiger partial charge < -0.3 is 0 Å². The molecular weight excluding hydrogens is 323 g/mol. The number of rotatable bonds is 3. The van der Waals surface area contributed by atoms with Crippen LogP contribution in [0.15, 0.2) is 35.1 Å². The van der Waals surface area contributed by atoms with Crippen molar-refractivity contribution >= 4 is 27.5 Å². The van der Waals surface area contributed by atoms with E-state index in [0.29, 0.717) is 15.6 Å². The van der Waals surface area contributed by atoms with Gasteiger partial charge in [0.2, 0.25) is 0 Å². The van der Waals surface area contributed by atoms with Crippen LogP contribution in [0.3, 0.4) is 0 Å². The van der Waals surface area contributed by atoms with E-state index in [2.05, 4.69) is 31.6 Å². The van der Waals surface area contributed by atoms with Crippen LogP contribution in [-0.4, -0.2) is 10.2 Å². The Bertz CT molecular complexity index is 552. The first-order chi connectivity index (χ1) is 8.65. The number of nitrogens with zero attached hydrogens (tertiary/aromatic N) is 2. The molecule has 3 N–H and O–H groups in total. The summed E-state index contributed by atoms with van der Waals surface area (Å²) in [4.78, 5) is 0. The molecule has 0 saturated heterocycles. The number of hydrazine groups is 1. The van der Waals surface area contributed by atoms with Crippen molar-refractivity contribution in [2.24, 2.45) is 5.84 Å². The second-order valence-electron chi connectivity index (χ2n) is 3.54. The molecule has 0 aliphatic heterocycles. The molecule has 2 aromatic rings. The van der Waals surface area contributed by atoms with Crippen molar-refractivity contribution in [3.8, 4) is 0 Å². The molecule has 0 spiro atoms. The van der Waals surface area contributed by atoms with Crippen LogP contribution >= 0.6 is 27.5 Å². The van der Waals surface area contributed by atoms with Gasteiger partial charge in [-0.3, -0.25) is 5.84 Å². The fraction of sp³-hybridized carbons (Fsp3) is 0.0909. The lowest BCUT2D eigenvalue weighted by atomic mass is 10.0. The molecule has 4 nitrogen and oxygen atoms in total. The summed E-state index contributed by atoms with van der Waals surface area (Å²) >= 11 is 9.01. The normalized spacial score (nSPS) is 12.4. The molecule has 2 rings (SSSR count). The fourth-order valence-corrected chi connectivity index (χ4v) is 2.08. The van der Waals surface area contributed by atoms with Gasteiger partial charge in [0.05, 0.1) is 17.3 Å². The minimum Gasteiger partial charge on any atom is -0.271 e. The Morgan fingerprint density at radius 3 is 2.72 bits per heavy atom. The standard InChI is InChI=1S/C11H9BrClFN4/c12-8-2-1-7(10(14)9(8)13)11(18-15)6-3-4-16-17-5-6/h1-5,11,18H,15H2. The largest absolute Gasteiger partial charge is 0.271 e. The van der Waals surface area contributed by atoms with Crippen molar-refractivity contribution in [3.05, 3.63) is 57.0 Å². The predicted octanol–water partition coefficient (Wildman–Crippen LogP) is 2.58. The summed E-state index contributed by atoms with van der Waals surface area (Å²) in [5, 5.41) is 7.43. The summed E-state index contributed by atoms with van der Waals surface area (Å²) in [5.74, 6) is 4.95. The molecule has 0 aliphatic carbocycles. The van der Waals surface area contributed by atoms with Gasteiger partial charge in [0, 0.05) is 16.2 Å². The second-order valence-corrected chi connectivity index (χ2v) is 4.77. The molecule has 1 atom stereocenters. The molecule has 1 heterocycles. The van der Waals surface area contributed by atoms with E-state index in [0.717, 1.165) is 0 Å². The van der Waals surface area contributed by atoms with Crippen molar-refractivity contribution in [3.63, 3.8) is 0 Å². The molecule has 0 fully saturated rings. The van der Waals surface area contributed by atoms with Gasteiger partial charge in [-0.15, -0.1) is 0 Å². The Morgan fingerprint density at radius 1 is 1.33 bits per heavy atom. The minimum atomic E-state index is -0.536. The molecule has 1 aromatic carbocycles. The van der Waals surface area contributed by atoms with Crippen molar-refractivity contribution in [1.82, 2.24) is 15.6 Å². The first kappa shape index (κ1) is 13.4. The van der Waals surface area contributed by atoms with Crippen LogP contribution in [0.4, 0.5) is 4.39 Å². The zero-order valence-corrected chi connectivity index (χ0v) is 11.4. The SMILES string of the molecule is NNC(c1ccnnc1)c1ccc(Br)c(Cl)c1F. The number of hydrogen-bond acceptors (Lipinski definition) is 4. The highest BCUT2D eigenvalue weighted by molar-refractivity contribution is 9.10. The molecule has 0 bridgehead atoms. The molecule has 0 aliphatic rings. The van der Waals surface area contributed by atoms with Crippen molar-refractivity contribution < 1.29 is 4.39 Å². The lowest BCUT2D eigenvalue weighted by molar-refractivity contribution is 0.558. The Labute approximate surface area is 116 Å². The number of halogens is 3. The van der Waals surface area contributed by atoms with E-state index in [9.17, 15) is 4.39 Å². The smallest absolute Gasteiger partial charge is 0.148 e. The van der Waals surface area contributed by atoms with Crippen molar-refractivity contribution in [2.45, 2.75) is 6.04 Å². The van der Waals surface area contributed by atoms with E-state index in [1.807, 2.05) is 0 Å². The van der Waals surface area contributed by atoms with Crippen LogP contribution in [0, 0.1) is 5.82 Å². The molecule has 18 heavy (non-hydrogen) atoms. The minimum absolute atomic E-state index is 0.0229. The van der Waals surface area contributed by atoms with Gasteiger partial charge in [0.25, 0.3) is 0 Å². The Kier molecular flexibility index (Phi) is 4.23. The van der Waals surface area contributed by atoms with Gasteiger partial charge in [0.1, 0.15) is 5.82 Å². The Hall–Kier alpha value is -1.08. The van der Waals surface area contributed by atoms with E-state index in [-0.39, 0.29) is 5.02 Å². The maximum absolute atomic E-state index is 14.1. The third-order valence-electron chi connectivity index (χ3n) is 2.48. The third-order valence-corrected chi connectivity index (χ3v) is 3.74. The van der Waals surface area contributed by atoms with Gasteiger partial charge in [-0.05, 0) is 33.6 Å². The van der Waals surface area contributed by atoms with Crippen LogP contribution < -0.4 is 11.3 Å². The van der Waals surface area contributed by atoms with Gasteiger partial charge in [-0.1, -0.05) is 17.7 Å². The molecule has 1 aromatic heterocycles. The van der Waals surface area contributed by atoms with E-state index >= 15 is 0 Å². The Balaban J connectivity index is 2.50. The Morgan fingerprint density at radius 2 is 2.11 bits per heavy atom. The van der Waals surface area contributed by atoms with E-state index in [4.69, 9.17) is 17.4 Å². The van der Waals surface area contributed by atoms with Crippen molar-refractivity contribution in [2.75, 3.05) is 0 Å². The summed E-state index contributed by atoms with van der Waals surface area (Å²) in [5.41, 5.74) is 3.59. The van der Waals surface area contributed by atoms with Crippen LogP contribution in [0.2, 0.25) is 5.02 Å². The first-order valence-electron chi connectivity index (χ1n) is 5.01. The summed E-state index contributed by atoms with van der Waals surface area (Å²) in [6.07, 6.45) is 3.03. The van der Waals surface area contributed by atoms with Crippen LogP contribution in [0.5, 0.6) is 0 Å². The fourth-order valence-electron chi connectivity index (χ4n) is 1.60. The van der Waals surface area contributed by atoms with E-state index in [1.165, 1.54) is 12.4 Å². The summed E-state index contributed by atoms with van der Waals surface area (Å²) in [6, 6.07) is 4.44. The second kappa shape index (κ2) is 5.71. The van der Waals surface area contributed by atoms with Crippen molar-refractivity contribution in [1.29, 1.82) is 0 Å². The van der Waals surface area contributed by atoms with Crippen LogP contribution in [0.25, 0.3) is 0 Å². The number of aromatic nitrogens is 2. The van der Waals surface area contributed by atoms with Gasteiger partial charge in [-0.2, -0.15) is 10.2 Å². The van der Waals surface area contributed by atoms with E-state index < -0.39 is 11.9 Å². The van der Waals surface area contributed by atoms with Gasteiger partial charge >= 0.3 is 0 Å². The predicted molar refractivity (Wildman–Crippen MR) is 70.3 cm³/mol. The molecule has 0 saturated carbocycles. The molecular formula is C11H9BrClFN4. The molecule has 1 unspecified atom stereocenters.